The third-order valence-corrected chi connectivity index (χ3v) is 8.36. The Labute approximate surface area is 193 Å². The number of aromatic amines is 1. The van der Waals surface area contributed by atoms with Crippen molar-refractivity contribution in [2.75, 3.05) is 10.6 Å². The molecule has 0 saturated heterocycles. The number of nitrogens with zero attached hydrogens (tertiary/aromatic N) is 2. The van der Waals surface area contributed by atoms with Crippen molar-refractivity contribution in [1.29, 1.82) is 0 Å². The van der Waals surface area contributed by atoms with E-state index in [1.54, 1.807) is 42.5 Å². The zero-order chi connectivity index (χ0) is 22.8. The summed E-state index contributed by atoms with van der Waals surface area (Å²) in [6.45, 7) is 0. The van der Waals surface area contributed by atoms with Gasteiger partial charge in [-0.15, -0.1) is 0 Å². The van der Waals surface area contributed by atoms with Crippen LogP contribution in [0.5, 0.6) is 0 Å². The maximum absolute atomic E-state index is 13.3. The molecular weight excluding hydrogens is 438 g/mol. The SMILES string of the molecule is O=S(=O)(c1ccccc1)c1cc(Nc2cc(C3CCC3)[nH]n2)nc(N[C@H]2CC[C@H](O)CC2)c1. The first-order valence-corrected chi connectivity index (χ1v) is 13.0. The van der Waals surface area contributed by atoms with Crippen LogP contribution in [0.3, 0.4) is 0 Å². The highest BCUT2D eigenvalue weighted by molar-refractivity contribution is 7.91. The summed E-state index contributed by atoms with van der Waals surface area (Å²) >= 11 is 0. The van der Waals surface area contributed by atoms with Crippen LogP contribution in [0.15, 0.2) is 58.3 Å². The van der Waals surface area contributed by atoms with Crippen LogP contribution in [-0.4, -0.2) is 40.9 Å². The average Bonchev–Trinajstić information content (AvgIpc) is 3.22. The van der Waals surface area contributed by atoms with Crippen LogP contribution in [0.4, 0.5) is 17.5 Å². The van der Waals surface area contributed by atoms with Gasteiger partial charge < -0.3 is 15.7 Å². The Morgan fingerprint density at radius 1 is 0.879 bits per heavy atom. The second-order valence-corrected chi connectivity index (χ2v) is 11.0. The van der Waals surface area contributed by atoms with E-state index in [9.17, 15) is 13.5 Å². The van der Waals surface area contributed by atoms with Crippen molar-refractivity contribution in [2.45, 2.75) is 72.8 Å². The number of pyridine rings is 1. The number of anilines is 3. The number of rotatable bonds is 7. The number of benzene rings is 1. The number of H-pyrrole nitrogens is 1. The van der Waals surface area contributed by atoms with E-state index < -0.39 is 9.84 Å². The molecule has 2 heterocycles. The van der Waals surface area contributed by atoms with E-state index in [0.717, 1.165) is 44.2 Å². The van der Waals surface area contributed by atoms with Crippen molar-refractivity contribution in [1.82, 2.24) is 15.2 Å². The van der Waals surface area contributed by atoms with E-state index in [2.05, 4.69) is 25.8 Å². The second kappa shape index (κ2) is 9.15. The smallest absolute Gasteiger partial charge is 0.206 e. The van der Waals surface area contributed by atoms with E-state index >= 15 is 0 Å². The van der Waals surface area contributed by atoms with Gasteiger partial charge in [-0.05, 0) is 56.7 Å². The first-order chi connectivity index (χ1) is 16.0. The summed E-state index contributed by atoms with van der Waals surface area (Å²) in [5, 5.41) is 23.8. The van der Waals surface area contributed by atoms with Gasteiger partial charge in [-0.3, -0.25) is 5.10 Å². The van der Waals surface area contributed by atoms with Crippen LogP contribution >= 0.6 is 0 Å². The molecule has 2 aliphatic rings. The van der Waals surface area contributed by atoms with Crippen molar-refractivity contribution in [3.63, 3.8) is 0 Å². The van der Waals surface area contributed by atoms with Crippen molar-refractivity contribution >= 4 is 27.3 Å². The fraction of sp³-hybridized carbons (Fsp3) is 0.417. The minimum atomic E-state index is -3.72. The molecule has 0 aliphatic heterocycles. The molecule has 3 aromatic rings. The molecule has 174 valence electrons. The molecule has 0 radical (unpaired) electrons. The van der Waals surface area contributed by atoms with E-state index in [1.807, 2.05) is 6.07 Å². The number of nitrogens with one attached hydrogen (secondary N) is 3. The Morgan fingerprint density at radius 2 is 1.61 bits per heavy atom. The monoisotopic (exact) mass is 467 g/mol. The third-order valence-electron chi connectivity index (χ3n) is 6.61. The molecule has 1 aromatic carbocycles. The summed E-state index contributed by atoms with van der Waals surface area (Å²) in [6, 6.07) is 13.7. The number of hydrogen-bond donors (Lipinski definition) is 4. The maximum Gasteiger partial charge on any atom is 0.206 e. The molecule has 4 N–H and O–H groups in total. The number of hydrogen-bond acceptors (Lipinski definition) is 7. The molecule has 9 heteroatoms. The van der Waals surface area contributed by atoms with Gasteiger partial charge in [-0.25, -0.2) is 13.4 Å². The molecule has 2 fully saturated rings. The van der Waals surface area contributed by atoms with Crippen LogP contribution in [0, 0.1) is 0 Å². The molecular formula is C24H29N5O3S. The lowest BCUT2D eigenvalue weighted by Crippen LogP contribution is -2.28. The Balaban J connectivity index is 1.45. The Bertz CT molecular complexity index is 1200. The first-order valence-electron chi connectivity index (χ1n) is 11.6. The van der Waals surface area contributed by atoms with E-state index in [1.165, 1.54) is 6.42 Å². The minimum absolute atomic E-state index is 0.138. The predicted octanol–water partition coefficient (Wildman–Crippen LogP) is 4.36. The maximum atomic E-state index is 13.3. The van der Waals surface area contributed by atoms with E-state index in [0.29, 0.717) is 23.4 Å². The Hall–Kier alpha value is -2.91. The van der Waals surface area contributed by atoms with Crippen molar-refractivity contribution in [3.8, 4) is 0 Å². The molecule has 0 amide bonds. The van der Waals surface area contributed by atoms with E-state index in [4.69, 9.17) is 0 Å². The lowest BCUT2D eigenvalue weighted by atomic mass is 9.83. The normalized spacial score (nSPS) is 21.4. The molecule has 0 unspecified atom stereocenters. The molecule has 2 aliphatic carbocycles. The van der Waals surface area contributed by atoms with Crippen LogP contribution in [0.25, 0.3) is 0 Å². The minimum Gasteiger partial charge on any atom is -0.393 e. The number of sulfone groups is 1. The van der Waals surface area contributed by atoms with Crippen LogP contribution in [0.1, 0.15) is 56.6 Å². The fourth-order valence-electron chi connectivity index (χ4n) is 4.42. The fourth-order valence-corrected chi connectivity index (χ4v) is 5.75. The Kier molecular flexibility index (Phi) is 6.07. The summed E-state index contributed by atoms with van der Waals surface area (Å²) in [5.41, 5.74) is 1.09. The Morgan fingerprint density at radius 3 is 2.30 bits per heavy atom. The third kappa shape index (κ3) is 4.89. The number of aliphatic hydroxyl groups excluding tert-OH is 1. The van der Waals surface area contributed by atoms with Gasteiger partial charge in [0.05, 0.1) is 15.9 Å². The summed E-state index contributed by atoms with van der Waals surface area (Å²) in [7, 11) is -3.72. The van der Waals surface area contributed by atoms with Crippen molar-refractivity contribution < 1.29 is 13.5 Å². The summed E-state index contributed by atoms with van der Waals surface area (Å²) in [5.74, 6) is 2.04. The quantitative estimate of drug-likeness (QED) is 0.407. The van der Waals surface area contributed by atoms with Crippen LogP contribution in [-0.2, 0) is 9.84 Å². The van der Waals surface area contributed by atoms with Gasteiger partial charge in [0.15, 0.2) is 5.82 Å². The molecule has 2 aromatic heterocycles. The average molecular weight is 468 g/mol. The zero-order valence-corrected chi connectivity index (χ0v) is 19.2. The first kappa shape index (κ1) is 21.9. The highest BCUT2D eigenvalue weighted by Gasteiger charge is 2.24. The second-order valence-electron chi connectivity index (χ2n) is 9.00. The highest BCUT2D eigenvalue weighted by atomic mass is 32.2. The largest absolute Gasteiger partial charge is 0.393 e. The molecule has 33 heavy (non-hydrogen) atoms. The van der Waals surface area contributed by atoms with Crippen LogP contribution in [0.2, 0.25) is 0 Å². The summed E-state index contributed by atoms with van der Waals surface area (Å²) < 4.78 is 26.7. The van der Waals surface area contributed by atoms with Crippen molar-refractivity contribution in [2.24, 2.45) is 0 Å². The van der Waals surface area contributed by atoms with Gasteiger partial charge in [0, 0.05) is 29.8 Å². The molecule has 0 bridgehead atoms. The van der Waals surface area contributed by atoms with Gasteiger partial charge in [0.25, 0.3) is 0 Å². The molecule has 5 rings (SSSR count). The lowest BCUT2D eigenvalue weighted by molar-refractivity contribution is 0.126. The van der Waals surface area contributed by atoms with Gasteiger partial charge in [-0.2, -0.15) is 5.10 Å². The van der Waals surface area contributed by atoms with E-state index in [-0.39, 0.29) is 21.9 Å². The molecule has 0 spiro atoms. The zero-order valence-electron chi connectivity index (χ0n) is 18.4. The molecule has 0 atom stereocenters. The number of aliphatic hydroxyl groups is 1. The standard InChI is InChI=1S/C24H29N5O3S/c30-18-11-9-17(10-12-18)25-22-13-20(33(31,32)19-7-2-1-3-8-19)14-23(26-22)27-24-15-21(28-29-24)16-5-4-6-16/h1-3,7-8,13-18,30H,4-6,9-12H2,(H3,25,26,27,28,29)/t17-,18-. The summed E-state index contributed by atoms with van der Waals surface area (Å²) in [6.07, 6.45) is 6.37. The van der Waals surface area contributed by atoms with Crippen LogP contribution < -0.4 is 10.6 Å². The van der Waals surface area contributed by atoms with Gasteiger partial charge >= 0.3 is 0 Å². The highest BCUT2D eigenvalue weighted by Crippen LogP contribution is 2.36. The predicted molar refractivity (Wildman–Crippen MR) is 126 cm³/mol. The van der Waals surface area contributed by atoms with Gasteiger partial charge in [0.2, 0.25) is 9.84 Å². The van der Waals surface area contributed by atoms with Gasteiger partial charge in [-0.1, -0.05) is 24.6 Å². The van der Waals surface area contributed by atoms with Crippen molar-refractivity contribution in [3.05, 3.63) is 54.2 Å². The van der Waals surface area contributed by atoms with Gasteiger partial charge in [0.1, 0.15) is 11.6 Å². The topological polar surface area (TPSA) is 120 Å². The molecule has 8 nitrogen and oxygen atoms in total. The number of aromatic nitrogens is 3. The summed E-state index contributed by atoms with van der Waals surface area (Å²) in [4.78, 5) is 5.04. The lowest BCUT2D eigenvalue weighted by Gasteiger charge is -2.27. The molecule has 2 saturated carbocycles.